The third kappa shape index (κ3) is 3.55. The van der Waals surface area contributed by atoms with Gasteiger partial charge in [0.15, 0.2) is 0 Å². The van der Waals surface area contributed by atoms with E-state index in [0.29, 0.717) is 32.0 Å². The van der Waals surface area contributed by atoms with Gasteiger partial charge < -0.3 is 15.0 Å². The van der Waals surface area contributed by atoms with E-state index in [2.05, 4.69) is 5.32 Å². The molecule has 0 spiro atoms. The fourth-order valence-corrected chi connectivity index (χ4v) is 2.42. The van der Waals surface area contributed by atoms with Crippen LogP contribution in [0.15, 0.2) is 18.2 Å². The molecule has 1 fully saturated rings. The molecule has 1 atom stereocenters. The summed E-state index contributed by atoms with van der Waals surface area (Å²) < 4.78 is 18.9. The van der Waals surface area contributed by atoms with Crippen LogP contribution in [-0.2, 0) is 9.53 Å². The molecule has 6 heteroatoms. The quantitative estimate of drug-likeness (QED) is 0.924. The molecule has 1 aromatic carbocycles. The first kappa shape index (κ1) is 16.2. The molecule has 1 aliphatic rings. The van der Waals surface area contributed by atoms with E-state index in [1.54, 1.807) is 11.0 Å². The molecular formula is C16H20FN3O2. The maximum atomic E-state index is 13.7. The summed E-state index contributed by atoms with van der Waals surface area (Å²) in [6, 6.07) is 5.71. The molecular weight excluding hydrogens is 285 g/mol. The van der Waals surface area contributed by atoms with Gasteiger partial charge in [-0.3, -0.25) is 4.79 Å². The molecule has 0 aliphatic carbocycles. The number of halogens is 1. The minimum atomic E-state index is -0.589. The number of nitrogens with one attached hydrogen (secondary N) is 1. The number of nitriles is 1. The smallest absolute Gasteiger partial charge is 0.245 e. The third-order valence-corrected chi connectivity index (χ3v) is 3.69. The summed E-state index contributed by atoms with van der Waals surface area (Å²) in [5.41, 5.74) is 0.283. The average Bonchev–Trinajstić information content (AvgIpc) is 2.52. The molecule has 1 aliphatic heterocycles. The molecule has 0 bridgehead atoms. The Morgan fingerprint density at radius 3 is 2.68 bits per heavy atom. The number of hydrogen-bond acceptors (Lipinski definition) is 4. The highest BCUT2D eigenvalue weighted by Gasteiger charge is 2.29. The van der Waals surface area contributed by atoms with Gasteiger partial charge in [0.2, 0.25) is 5.91 Å². The number of benzene rings is 1. The van der Waals surface area contributed by atoms with E-state index >= 15 is 0 Å². The lowest BCUT2D eigenvalue weighted by Gasteiger charge is -2.32. The van der Waals surface area contributed by atoms with Gasteiger partial charge in [0.1, 0.15) is 23.5 Å². The number of amides is 1. The fourth-order valence-electron chi connectivity index (χ4n) is 2.42. The first-order valence-corrected chi connectivity index (χ1v) is 7.36. The molecule has 0 saturated carbocycles. The van der Waals surface area contributed by atoms with Crippen LogP contribution in [0.5, 0.6) is 0 Å². The van der Waals surface area contributed by atoms with Crippen molar-refractivity contribution in [2.75, 3.05) is 31.6 Å². The molecule has 0 aromatic heterocycles. The van der Waals surface area contributed by atoms with Crippen LogP contribution in [0.1, 0.15) is 19.4 Å². The predicted octanol–water partition coefficient (Wildman–Crippen LogP) is 1.99. The van der Waals surface area contributed by atoms with Crippen LogP contribution in [0, 0.1) is 23.1 Å². The second kappa shape index (κ2) is 7.23. The Morgan fingerprint density at radius 1 is 1.41 bits per heavy atom. The number of anilines is 1. The lowest BCUT2D eigenvalue weighted by molar-refractivity contribution is -0.137. The van der Waals surface area contributed by atoms with Crippen LogP contribution in [0.4, 0.5) is 10.1 Å². The van der Waals surface area contributed by atoms with Gasteiger partial charge in [0.25, 0.3) is 0 Å². The van der Waals surface area contributed by atoms with Crippen molar-refractivity contribution in [2.45, 2.75) is 19.9 Å². The first-order chi connectivity index (χ1) is 10.5. The Morgan fingerprint density at radius 2 is 2.09 bits per heavy atom. The van der Waals surface area contributed by atoms with E-state index in [9.17, 15) is 9.18 Å². The van der Waals surface area contributed by atoms with Gasteiger partial charge >= 0.3 is 0 Å². The Labute approximate surface area is 129 Å². The number of carbonyl (C=O) groups excluding carboxylic acids is 1. The molecule has 1 aromatic rings. The zero-order valence-corrected chi connectivity index (χ0v) is 12.8. The minimum Gasteiger partial charge on any atom is -0.378 e. The van der Waals surface area contributed by atoms with Gasteiger partial charge in [-0.05, 0) is 18.1 Å². The number of morpholine rings is 1. The van der Waals surface area contributed by atoms with Gasteiger partial charge in [-0.2, -0.15) is 5.26 Å². The van der Waals surface area contributed by atoms with Crippen molar-refractivity contribution >= 4 is 11.6 Å². The van der Waals surface area contributed by atoms with Gasteiger partial charge in [0.05, 0.1) is 18.9 Å². The monoisotopic (exact) mass is 305 g/mol. The van der Waals surface area contributed by atoms with Crippen LogP contribution >= 0.6 is 0 Å². The summed E-state index contributed by atoms with van der Waals surface area (Å²) in [6.45, 7) is 6.00. The predicted molar refractivity (Wildman–Crippen MR) is 80.8 cm³/mol. The standard InChI is InChI=1S/C16H20FN3O2/c1-11(2)15(16(21)20-6-8-22-9-7-20)19-14-5-3-4-13(17)12(14)10-18/h3-5,11,15,19H,6-9H2,1-2H3. The van der Waals surface area contributed by atoms with Crippen molar-refractivity contribution in [3.63, 3.8) is 0 Å². The number of hydrogen-bond donors (Lipinski definition) is 1. The number of carbonyl (C=O) groups is 1. The summed E-state index contributed by atoms with van der Waals surface area (Å²) in [5.74, 6) is -0.634. The Hall–Kier alpha value is -2.13. The molecule has 1 amide bonds. The topological polar surface area (TPSA) is 65.4 Å². The third-order valence-electron chi connectivity index (χ3n) is 3.69. The largest absolute Gasteiger partial charge is 0.378 e. The number of nitrogens with zero attached hydrogens (tertiary/aromatic N) is 2. The fraction of sp³-hybridized carbons (Fsp3) is 0.500. The highest BCUT2D eigenvalue weighted by Crippen LogP contribution is 2.21. The van der Waals surface area contributed by atoms with Crippen molar-refractivity contribution in [3.8, 4) is 6.07 Å². The van der Waals surface area contributed by atoms with Gasteiger partial charge in [-0.1, -0.05) is 19.9 Å². The van der Waals surface area contributed by atoms with E-state index < -0.39 is 11.9 Å². The van der Waals surface area contributed by atoms with Crippen LogP contribution in [-0.4, -0.2) is 43.2 Å². The van der Waals surface area contributed by atoms with Gasteiger partial charge in [-0.15, -0.1) is 0 Å². The first-order valence-electron chi connectivity index (χ1n) is 7.36. The maximum absolute atomic E-state index is 13.7. The second-order valence-corrected chi connectivity index (χ2v) is 5.58. The summed E-state index contributed by atoms with van der Waals surface area (Å²) >= 11 is 0. The molecule has 0 radical (unpaired) electrons. The molecule has 1 unspecified atom stereocenters. The zero-order chi connectivity index (χ0) is 16.1. The van der Waals surface area contributed by atoms with E-state index in [1.807, 2.05) is 19.9 Å². The Bertz CT molecular complexity index is 577. The lowest BCUT2D eigenvalue weighted by Crippen LogP contribution is -2.49. The minimum absolute atomic E-state index is 0.00477. The summed E-state index contributed by atoms with van der Waals surface area (Å²) in [4.78, 5) is 14.4. The number of rotatable bonds is 4. The molecule has 5 nitrogen and oxygen atoms in total. The molecule has 1 N–H and O–H groups in total. The van der Waals surface area contributed by atoms with Crippen molar-refractivity contribution < 1.29 is 13.9 Å². The number of ether oxygens (including phenoxy) is 1. The maximum Gasteiger partial charge on any atom is 0.245 e. The van der Waals surface area contributed by atoms with E-state index in [4.69, 9.17) is 10.00 Å². The van der Waals surface area contributed by atoms with Crippen LogP contribution in [0.25, 0.3) is 0 Å². The summed E-state index contributed by atoms with van der Waals surface area (Å²) in [7, 11) is 0. The molecule has 1 heterocycles. The van der Waals surface area contributed by atoms with Crippen LogP contribution < -0.4 is 5.32 Å². The van der Waals surface area contributed by atoms with Crippen molar-refractivity contribution in [1.82, 2.24) is 4.90 Å². The Kier molecular flexibility index (Phi) is 5.34. The van der Waals surface area contributed by atoms with Crippen molar-refractivity contribution in [2.24, 2.45) is 5.92 Å². The summed E-state index contributed by atoms with van der Waals surface area (Å²) in [5, 5.41) is 12.1. The van der Waals surface area contributed by atoms with Crippen molar-refractivity contribution in [1.29, 1.82) is 5.26 Å². The highest BCUT2D eigenvalue weighted by atomic mass is 19.1. The zero-order valence-electron chi connectivity index (χ0n) is 12.8. The lowest BCUT2D eigenvalue weighted by atomic mass is 10.0. The van der Waals surface area contributed by atoms with Gasteiger partial charge in [0, 0.05) is 13.1 Å². The highest BCUT2D eigenvalue weighted by molar-refractivity contribution is 5.85. The molecule has 2 rings (SSSR count). The SMILES string of the molecule is CC(C)C(Nc1cccc(F)c1C#N)C(=O)N1CCOCC1. The Balaban J connectivity index is 2.21. The molecule has 1 saturated heterocycles. The van der Waals surface area contributed by atoms with E-state index in [1.165, 1.54) is 12.1 Å². The summed E-state index contributed by atoms with van der Waals surface area (Å²) in [6.07, 6.45) is 0. The molecule has 22 heavy (non-hydrogen) atoms. The van der Waals surface area contributed by atoms with Gasteiger partial charge in [-0.25, -0.2) is 4.39 Å². The molecule has 118 valence electrons. The van der Waals surface area contributed by atoms with Crippen LogP contribution in [0.2, 0.25) is 0 Å². The van der Waals surface area contributed by atoms with Crippen molar-refractivity contribution in [3.05, 3.63) is 29.6 Å². The second-order valence-electron chi connectivity index (χ2n) is 5.58. The average molecular weight is 305 g/mol. The van der Waals surface area contributed by atoms with Crippen LogP contribution in [0.3, 0.4) is 0 Å². The normalized spacial score (nSPS) is 16.2. The van der Waals surface area contributed by atoms with E-state index in [0.717, 1.165) is 0 Å². The van der Waals surface area contributed by atoms with E-state index in [-0.39, 0.29) is 17.4 Å².